The number of amides is 2. The topological polar surface area (TPSA) is 84.2 Å². The fourth-order valence-electron chi connectivity index (χ4n) is 1.46. The van der Waals surface area contributed by atoms with Gasteiger partial charge in [0.1, 0.15) is 6.04 Å². The molecule has 0 heterocycles. The summed E-state index contributed by atoms with van der Waals surface area (Å²) in [5.41, 5.74) is 5.52. The number of thiocarbonyl (C=S) groups is 1. The molecule has 0 fully saturated rings. The van der Waals surface area contributed by atoms with Crippen molar-refractivity contribution in [2.75, 3.05) is 6.54 Å². The minimum atomic E-state index is -0.585. The number of carbonyl (C=O) groups is 2. The average Bonchev–Trinajstić information content (AvgIpc) is 2.16. The second-order valence-corrected chi connectivity index (χ2v) is 4.72. The summed E-state index contributed by atoms with van der Waals surface area (Å²) in [4.78, 5) is 23.5. The lowest BCUT2D eigenvalue weighted by Gasteiger charge is -2.21. The summed E-state index contributed by atoms with van der Waals surface area (Å²) in [6.45, 7) is 7.69. The van der Waals surface area contributed by atoms with Crippen LogP contribution in [0, 0.1) is 11.8 Å². The molecule has 0 rings (SSSR count). The second-order valence-electron chi connectivity index (χ2n) is 4.25. The van der Waals surface area contributed by atoms with Crippen LogP contribution in [0.15, 0.2) is 0 Å². The summed E-state index contributed by atoms with van der Waals surface area (Å²) in [5.74, 6) is -1.05. The third-order valence-electron chi connectivity index (χ3n) is 2.36. The van der Waals surface area contributed by atoms with Crippen LogP contribution in [0.3, 0.4) is 0 Å². The van der Waals surface area contributed by atoms with Crippen LogP contribution in [-0.2, 0) is 9.59 Å². The van der Waals surface area contributed by atoms with Gasteiger partial charge in [-0.25, -0.2) is 0 Å². The van der Waals surface area contributed by atoms with Gasteiger partial charge in [0.2, 0.25) is 11.8 Å². The molecule has 6 heteroatoms. The van der Waals surface area contributed by atoms with E-state index in [0.29, 0.717) is 6.54 Å². The Kier molecular flexibility index (Phi) is 6.72. The van der Waals surface area contributed by atoms with Gasteiger partial charge >= 0.3 is 0 Å². The number of nitrogens with two attached hydrogens (primary N) is 1. The van der Waals surface area contributed by atoms with Gasteiger partial charge in [0, 0.05) is 6.54 Å². The van der Waals surface area contributed by atoms with Crippen molar-refractivity contribution in [3.63, 3.8) is 0 Å². The summed E-state index contributed by atoms with van der Waals surface area (Å²) in [6.07, 6.45) is 0. The molecular formula is C11H21N3O2S. The molecule has 2 amide bonds. The highest BCUT2D eigenvalue weighted by molar-refractivity contribution is 7.80. The van der Waals surface area contributed by atoms with Gasteiger partial charge in [0.25, 0.3) is 0 Å². The van der Waals surface area contributed by atoms with Crippen LogP contribution in [0.2, 0.25) is 0 Å². The normalized spacial score (nSPS) is 13.9. The van der Waals surface area contributed by atoms with Crippen LogP contribution in [0.4, 0.5) is 0 Å². The van der Waals surface area contributed by atoms with Crippen LogP contribution < -0.4 is 16.4 Å². The van der Waals surface area contributed by atoms with Crippen molar-refractivity contribution in [2.24, 2.45) is 17.6 Å². The highest BCUT2D eigenvalue weighted by atomic mass is 32.1. The molecule has 0 aromatic heterocycles. The van der Waals surface area contributed by atoms with Gasteiger partial charge in [-0.05, 0) is 19.8 Å². The summed E-state index contributed by atoms with van der Waals surface area (Å²) < 4.78 is 0. The molecule has 0 bridgehead atoms. The number of hydrogen-bond donors (Lipinski definition) is 3. The monoisotopic (exact) mass is 259 g/mol. The number of hydrogen-bond acceptors (Lipinski definition) is 3. The molecule has 0 spiro atoms. The van der Waals surface area contributed by atoms with Crippen LogP contribution in [0.1, 0.15) is 27.7 Å². The molecule has 0 saturated carbocycles. The molecule has 2 unspecified atom stereocenters. The van der Waals surface area contributed by atoms with Crippen LogP contribution in [0.5, 0.6) is 0 Å². The highest BCUT2D eigenvalue weighted by Crippen LogP contribution is 2.11. The SMILES string of the molecule is CCNC(=O)C(C)NC(=O)C(C(N)=S)C(C)C. The third-order valence-corrected chi connectivity index (χ3v) is 2.61. The molecular weight excluding hydrogens is 238 g/mol. The molecule has 0 saturated heterocycles. The van der Waals surface area contributed by atoms with E-state index in [0.717, 1.165) is 0 Å². The minimum Gasteiger partial charge on any atom is -0.393 e. The Labute approximate surface area is 108 Å². The molecule has 5 nitrogen and oxygen atoms in total. The van der Waals surface area contributed by atoms with Gasteiger partial charge in [0.05, 0.1) is 10.9 Å². The van der Waals surface area contributed by atoms with E-state index in [1.807, 2.05) is 20.8 Å². The first kappa shape index (κ1) is 15.8. The van der Waals surface area contributed by atoms with E-state index in [1.54, 1.807) is 6.92 Å². The Morgan fingerprint density at radius 3 is 2.12 bits per heavy atom. The predicted octanol–water partition coefficient (Wildman–Crippen LogP) is 0.186. The zero-order valence-corrected chi connectivity index (χ0v) is 11.6. The maximum Gasteiger partial charge on any atom is 0.242 e. The molecule has 4 N–H and O–H groups in total. The first-order valence-electron chi connectivity index (χ1n) is 5.68. The molecule has 98 valence electrons. The van der Waals surface area contributed by atoms with Gasteiger partial charge in [-0.1, -0.05) is 26.1 Å². The molecule has 0 aliphatic rings. The third kappa shape index (κ3) is 5.12. The predicted molar refractivity (Wildman–Crippen MR) is 71.4 cm³/mol. The molecule has 0 aromatic carbocycles. The number of likely N-dealkylation sites (N-methyl/N-ethyl adjacent to an activating group) is 1. The first-order chi connectivity index (χ1) is 7.81. The summed E-state index contributed by atoms with van der Waals surface area (Å²) in [6, 6.07) is -0.585. The second kappa shape index (κ2) is 7.21. The summed E-state index contributed by atoms with van der Waals surface area (Å²) in [7, 11) is 0. The van der Waals surface area contributed by atoms with Gasteiger partial charge in [-0.15, -0.1) is 0 Å². The quantitative estimate of drug-likeness (QED) is 0.594. The first-order valence-corrected chi connectivity index (χ1v) is 6.09. The van der Waals surface area contributed by atoms with E-state index in [9.17, 15) is 9.59 Å². The fraction of sp³-hybridized carbons (Fsp3) is 0.727. The highest BCUT2D eigenvalue weighted by Gasteiger charge is 2.27. The zero-order chi connectivity index (χ0) is 13.6. The largest absolute Gasteiger partial charge is 0.393 e. The summed E-state index contributed by atoms with van der Waals surface area (Å²) >= 11 is 4.86. The van der Waals surface area contributed by atoms with Crippen molar-refractivity contribution in [1.29, 1.82) is 0 Å². The molecule has 17 heavy (non-hydrogen) atoms. The van der Waals surface area contributed by atoms with Gasteiger partial charge in [0.15, 0.2) is 0 Å². The molecule has 0 radical (unpaired) electrons. The van der Waals surface area contributed by atoms with Crippen molar-refractivity contribution in [3.05, 3.63) is 0 Å². The zero-order valence-electron chi connectivity index (χ0n) is 10.7. The van der Waals surface area contributed by atoms with E-state index in [2.05, 4.69) is 10.6 Å². The minimum absolute atomic E-state index is 0.00827. The number of nitrogens with one attached hydrogen (secondary N) is 2. The Morgan fingerprint density at radius 1 is 1.24 bits per heavy atom. The van der Waals surface area contributed by atoms with Crippen molar-refractivity contribution in [3.8, 4) is 0 Å². The molecule has 0 aromatic rings. The van der Waals surface area contributed by atoms with Crippen molar-refractivity contribution < 1.29 is 9.59 Å². The van der Waals surface area contributed by atoms with Gasteiger partial charge in [-0.3, -0.25) is 9.59 Å². The number of carbonyl (C=O) groups excluding carboxylic acids is 2. The van der Waals surface area contributed by atoms with Crippen LogP contribution in [0.25, 0.3) is 0 Å². The average molecular weight is 259 g/mol. The van der Waals surface area contributed by atoms with E-state index < -0.39 is 12.0 Å². The van der Waals surface area contributed by atoms with Crippen LogP contribution in [-0.4, -0.2) is 29.4 Å². The Morgan fingerprint density at radius 2 is 1.76 bits per heavy atom. The summed E-state index contributed by atoms with van der Waals surface area (Å²) in [5, 5.41) is 5.24. The van der Waals surface area contributed by atoms with E-state index in [1.165, 1.54) is 0 Å². The Balaban J connectivity index is 4.51. The Bertz CT molecular complexity index is 305. The molecule has 2 atom stereocenters. The lowest BCUT2D eigenvalue weighted by atomic mass is 9.94. The molecule has 0 aliphatic heterocycles. The maximum absolute atomic E-state index is 11.9. The van der Waals surface area contributed by atoms with Crippen molar-refractivity contribution >= 4 is 29.0 Å². The number of rotatable bonds is 6. The van der Waals surface area contributed by atoms with Gasteiger partial charge < -0.3 is 16.4 Å². The van der Waals surface area contributed by atoms with Crippen molar-refractivity contribution in [2.45, 2.75) is 33.7 Å². The van der Waals surface area contributed by atoms with Crippen molar-refractivity contribution in [1.82, 2.24) is 10.6 Å². The standard InChI is InChI=1S/C11H21N3O2S/c1-5-13-10(15)7(4)14-11(16)8(6(2)3)9(12)17/h6-8H,5H2,1-4H3,(H2,12,17)(H,13,15)(H,14,16). The fourth-order valence-corrected chi connectivity index (χ4v) is 1.84. The van der Waals surface area contributed by atoms with Crippen LogP contribution >= 0.6 is 12.2 Å². The maximum atomic E-state index is 11.9. The smallest absolute Gasteiger partial charge is 0.242 e. The Hall–Kier alpha value is -1.17. The van der Waals surface area contributed by atoms with Gasteiger partial charge in [-0.2, -0.15) is 0 Å². The van der Waals surface area contributed by atoms with E-state index in [-0.39, 0.29) is 22.7 Å². The molecule has 0 aliphatic carbocycles. The lowest BCUT2D eigenvalue weighted by molar-refractivity contribution is -0.130. The van der Waals surface area contributed by atoms with E-state index >= 15 is 0 Å². The lowest BCUT2D eigenvalue weighted by Crippen LogP contribution is -2.49. The van der Waals surface area contributed by atoms with E-state index in [4.69, 9.17) is 18.0 Å².